The molecule has 0 bridgehead atoms. The van der Waals surface area contributed by atoms with Gasteiger partial charge in [-0.15, -0.1) is 0 Å². The topological polar surface area (TPSA) is 103 Å². The van der Waals surface area contributed by atoms with E-state index in [0.717, 1.165) is 38.4 Å². The summed E-state index contributed by atoms with van der Waals surface area (Å²) in [6.07, 6.45) is 1.27. The van der Waals surface area contributed by atoms with E-state index in [4.69, 9.17) is 4.74 Å². The normalized spacial score (nSPS) is 15.0. The minimum atomic E-state index is -0.594. The number of benzene rings is 1. The zero-order valence-corrected chi connectivity index (χ0v) is 14.6. The van der Waals surface area contributed by atoms with E-state index in [1.165, 1.54) is 10.9 Å². The van der Waals surface area contributed by atoms with E-state index in [1.54, 1.807) is 13.0 Å². The van der Waals surface area contributed by atoms with E-state index in [9.17, 15) is 14.9 Å². The third-order valence-electron chi connectivity index (χ3n) is 4.17. The molecule has 0 saturated carbocycles. The molecule has 0 aliphatic carbocycles. The van der Waals surface area contributed by atoms with Crippen LogP contribution in [0.3, 0.4) is 0 Å². The maximum atomic E-state index is 12.5. The number of rotatable bonds is 6. The molecule has 1 aliphatic rings. The van der Waals surface area contributed by atoms with Gasteiger partial charge >= 0.3 is 5.69 Å². The van der Waals surface area contributed by atoms with Gasteiger partial charge in [-0.2, -0.15) is 5.10 Å². The van der Waals surface area contributed by atoms with Crippen LogP contribution in [0.4, 0.5) is 11.4 Å². The van der Waals surface area contributed by atoms with Crippen LogP contribution in [-0.2, 0) is 17.8 Å². The number of nitro groups is 1. The van der Waals surface area contributed by atoms with Crippen molar-refractivity contribution in [1.82, 2.24) is 14.7 Å². The Bertz CT molecular complexity index is 798. The fourth-order valence-electron chi connectivity index (χ4n) is 2.82. The molecule has 9 nitrogen and oxygen atoms in total. The fourth-order valence-corrected chi connectivity index (χ4v) is 2.82. The van der Waals surface area contributed by atoms with Gasteiger partial charge < -0.3 is 10.1 Å². The van der Waals surface area contributed by atoms with Crippen molar-refractivity contribution < 1.29 is 14.5 Å². The second-order valence-corrected chi connectivity index (χ2v) is 6.02. The van der Waals surface area contributed by atoms with Crippen LogP contribution in [0.1, 0.15) is 23.0 Å². The average Bonchev–Trinajstić information content (AvgIpc) is 3.08. The molecule has 9 heteroatoms. The lowest BCUT2D eigenvalue weighted by molar-refractivity contribution is -0.385. The molecule has 2 heterocycles. The quantitative estimate of drug-likeness (QED) is 0.624. The van der Waals surface area contributed by atoms with Gasteiger partial charge in [0.2, 0.25) is 5.69 Å². The number of carbonyl (C=O) groups is 1. The number of aryl methyl sites for hydroxylation is 1. The van der Waals surface area contributed by atoms with Crippen LogP contribution < -0.4 is 5.32 Å². The number of morpholine rings is 1. The zero-order valence-electron chi connectivity index (χ0n) is 14.6. The lowest BCUT2D eigenvalue weighted by Crippen LogP contribution is -2.35. The summed E-state index contributed by atoms with van der Waals surface area (Å²) in [5, 5.41) is 17.8. The Balaban J connectivity index is 1.72. The summed E-state index contributed by atoms with van der Waals surface area (Å²) < 4.78 is 6.72. The minimum absolute atomic E-state index is 0.185. The molecule has 1 aliphatic heterocycles. The molecule has 2 aromatic rings. The Labute approximate surface area is 150 Å². The van der Waals surface area contributed by atoms with Crippen molar-refractivity contribution in [3.8, 4) is 0 Å². The van der Waals surface area contributed by atoms with Crippen LogP contribution in [0.2, 0.25) is 0 Å². The number of amides is 1. The molecule has 1 aromatic carbocycles. The van der Waals surface area contributed by atoms with Crippen LogP contribution in [0, 0.1) is 10.1 Å². The number of nitrogens with one attached hydrogen (secondary N) is 1. The summed E-state index contributed by atoms with van der Waals surface area (Å²) in [5.41, 5.74) is 1.16. The van der Waals surface area contributed by atoms with Gasteiger partial charge in [-0.25, -0.2) is 0 Å². The summed E-state index contributed by atoms with van der Waals surface area (Å²) in [4.78, 5) is 25.3. The van der Waals surface area contributed by atoms with Crippen molar-refractivity contribution in [2.24, 2.45) is 0 Å². The zero-order chi connectivity index (χ0) is 18.5. The first-order valence-corrected chi connectivity index (χ1v) is 8.49. The molecule has 1 amide bonds. The number of carbonyl (C=O) groups excluding carboxylic acids is 1. The first-order chi connectivity index (χ1) is 12.6. The van der Waals surface area contributed by atoms with Gasteiger partial charge in [-0.1, -0.05) is 12.1 Å². The first-order valence-electron chi connectivity index (χ1n) is 8.49. The minimum Gasteiger partial charge on any atom is -0.379 e. The van der Waals surface area contributed by atoms with E-state index >= 15 is 0 Å². The van der Waals surface area contributed by atoms with Gasteiger partial charge in [0, 0.05) is 31.9 Å². The molecule has 1 aromatic heterocycles. The molecule has 0 spiro atoms. The standard InChI is InChI=1S/C17H21N5O4/c1-2-21-12-15(22(24)25)16(19-21)17(23)18-14-5-3-4-13(10-14)11-20-6-8-26-9-7-20/h3-5,10,12H,2,6-9,11H2,1H3,(H,18,23). The Kier molecular flexibility index (Phi) is 5.59. The van der Waals surface area contributed by atoms with Crippen molar-refractivity contribution in [1.29, 1.82) is 0 Å². The largest absolute Gasteiger partial charge is 0.379 e. The maximum absolute atomic E-state index is 12.5. The van der Waals surface area contributed by atoms with Gasteiger partial charge in [0.05, 0.1) is 18.1 Å². The predicted molar refractivity (Wildman–Crippen MR) is 95.0 cm³/mol. The molecule has 1 saturated heterocycles. The van der Waals surface area contributed by atoms with E-state index in [1.807, 2.05) is 18.2 Å². The van der Waals surface area contributed by atoms with Crippen molar-refractivity contribution in [3.63, 3.8) is 0 Å². The van der Waals surface area contributed by atoms with Crippen molar-refractivity contribution in [2.75, 3.05) is 31.6 Å². The second kappa shape index (κ2) is 8.07. The number of nitrogens with zero attached hydrogens (tertiary/aromatic N) is 4. The highest BCUT2D eigenvalue weighted by molar-refractivity contribution is 6.05. The van der Waals surface area contributed by atoms with Crippen LogP contribution in [0.5, 0.6) is 0 Å². The van der Waals surface area contributed by atoms with Crippen LogP contribution in [0.15, 0.2) is 30.5 Å². The van der Waals surface area contributed by atoms with Crippen LogP contribution in [-0.4, -0.2) is 51.8 Å². The summed E-state index contributed by atoms with van der Waals surface area (Å²) in [5.74, 6) is -0.590. The number of ether oxygens (including phenoxy) is 1. The Morgan fingerprint density at radius 3 is 2.85 bits per heavy atom. The van der Waals surface area contributed by atoms with Gasteiger partial charge in [0.15, 0.2) is 0 Å². The molecule has 3 rings (SSSR count). The van der Waals surface area contributed by atoms with E-state index in [2.05, 4.69) is 15.3 Å². The Morgan fingerprint density at radius 1 is 1.38 bits per heavy atom. The molecule has 138 valence electrons. The molecule has 1 fully saturated rings. The van der Waals surface area contributed by atoms with E-state index < -0.39 is 10.8 Å². The van der Waals surface area contributed by atoms with E-state index in [0.29, 0.717) is 12.2 Å². The molecule has 26 heavy (non-hydrogen) atoms. The summed E-state index contributed by atoms with van der Waals surface area (Å²) >= 11 is 0. The predicted octanol–water partition coefficient (Wildman–Crippen LogP) is 1.90. The smallest absolute Gasteiger partial charge is 0.320 e. The molecule has 0 radical (unpaired) electrons. The first kappa shape index (κ1) is 18.0. The van der Waals surface area contributed by atoms with Crippen molar-refractivity contribution >= 4 is 17.3 Å². The lowest BCUT2D eigenvalue weighted by atomic mass is 10.1. The molecule has 0 unspecified atom stereocenters. The maximum Gasteiger partial charge on any atom is 0.320 e. The number of hydrogen-bond acceptors (Lipinski definition) is 6. The SMILES string of the molecule is CCn1cc([N+](=O)[O-])c(C(=O)Nc2cccc(CN3CCOCC3)c2)n1. The highest BCUT2D eigenvalue weighted by atomic mass is 16.6. The third-order valence-corrected chi connectivity index (χ3v) is 4.17. The second-order valence-electron chi connectivity index (χ2n) is 6.02. The molecule has 1 N–H and O–H groups in total. The number of hydrogen-bond donors (Lipinski definition) is 1. The summed E-state index contributed by atoms with van der Waals surface area (Å²) in [7, 11) is 0. The summed E-state index contributed by atoms with van der Waals surface area (Å²) in [6.45, 7) is 6.20. The van der Waals surface area contributed by atoms with E-state index in [-0.39, 0.29) is 11.4 Å². The molecular weight excluding hydrogens is 338 g/mol. The molecular formula is C17H21N5O4. The van der Waals surface area contributed by atoms with Gasteiger partial charge in [0.25, 0.3) is 5.91 Å². The van der Waals surface area contributed by atoms with Crippen LogP contribution in [0.25, 0.3) is 0 Å². The van der Waals surface area contributed by atoms with Gasteiger partial charge in [-0.3, -0.25) is 24.5 Å². The van der Waals surface area contributed by atoms with Crippen molar-refractivity contribution in [3.05, 3.63) is 51.8 Å². The highest BCUT2D eigenvalue weighted by Gasteiger charge is 2.25. The third kappa shape index (κ3) is 4.24. The monoisotopic (exact) mass is 359 g/mol. The van der Waals surface area contributed by atoms with Gasteiger partial charge in [-0.05, 0) is 24.6 Å². The lowest BCUT2D eigenvalue weighted by Gasteiger charge is -2.26. The molecule has 0 atom stereocenters. The van der Waals surface area contributed by atoms with Crippen LogP contribution >= 0.6 is 0 Å². The Morgan fingerprint density at radius 2 is 2.15 bits per heavy atom. The number of aromatic nitrogens is 2. The summed E-state index contributed by atoms with van der Waals surface area (Å²) in [6, 6.07) is 7.46. The number of anilines is 1. The average molecular weight is 359 g/mol. The Hall–Kier alpha value is -2.78. The van der Waals surface area contributed by atoms with Crippen molar-refractivity contribution in [2.45, 2.75) is 20.0 Å². The fraction of sp³-hybridized carbons (Fsp3) is 0.412. The van der Waals surface area contributed by atoms with Gasteiger partial charge in [0.1, 0.15) is 6.20 Å². The highest BCUT2D eigenvalue weighted by Crippen LogP contribution is 2.19.